The Labute approximate surface area is 102 Å². The zero-order valence-electron chi connectivity index (χ0n) is 10.6. The number of carbonyl (C=O) groups is 1. The molecule has 4 heteroatoms. The predicted molar refractivity (Wildman–Crippen MR) is 66.4 cm³/mol. The van der Waals surface area contributed by atoms with Crippen LogP contribution in [0, 0.1) is 0 Å². The summed E-state index contributed by atoms with van der Waals surface area (Å²) in [5, 5.41) is 0. The fourth-order valence-electron chi connectivity index (χ4n) is 1.56. The van der Waals surface area contributed by atoms with E-state index in [2.05, 4.69) is 0 Å². The monoisotopic (exact) mass is 237 g/mol. The van der Waals surface area contributed by atoms with Crippen LogP contribution in [0.25, 0.3) is 0 Å². The maximum Gasteiger partial charge on any atom is 0.409 e. The van der Waals surface area contributed by atoms with Crippen molar-refractivity contribution in [3.05, 3.63) is 29.8 Å². The lowest BCUT2D eigenvalue weighted by Crippen LogP contribution is -2.32. The molecule has 4 nitrogen and oxygen atoms in total. The van der Waals surface area contributed by atoms with E-state index >= 15 is 0 Å². The van der Waals surface area contributed by atoms with E-state index in [0.29, 0.717) is 13.1 Å². The van der Waals surface area contributed by atoms with E-state index in [-0.39, 0.29) is 6.09 Å². The first kappa shape index (κ1) is 13.4. The third kappa shape index (κ3) is 3.98. The summed E-state index contributed by atoms with van der Waals surface area (Å²) in [5.74, 6) is 0.842. The average Bonchev–Trinajstić information content (AvgIpc) is 2.39. The molecule has 0 bridgehead atoms. The summed E-state index contributed by atoms with van der Waals surface area (Å²) in [6.07, 6.45) is 0.536. The second-order valence-electron chi connectivity index (χ2n) is 3.65. The van der Waals surface area contributed by atoms with E-state index in [1.54, 1.807) is 12.0 Å². The van der Waals surface area contributed by atoms with Gasteiger partial charge in [0, 0.05) is 13.1 Å². The molecule has 0 N–H and O–H groups in total. The summed E-state index contributed by atoms with van der Waals surface area (Å²) >= 11 is 0. The molecule has 0 aliphatic rings. The van der Waals surface area contributed by atoms with Gasteiger partial charge in [0.15, 0.2) is 0 Å². The first-order valence-corrected chi connectivity index (χ1v) is 5.67. The van der Waals surface area contributed by atoms with Gasteiger partial charge in [-0.2, -0.15) is 0 Å². The smallest absolute Gasteiger partial charge is 0.409 e. The van der Waals surface area contributed by atoms with Crippen molar-refractivity contribution in [3.8, 4) is 5.75 Å². The van der Waals surface area contributed by atoms with Gasteiger partial charge in [0.1, 0.15) is 5.75 Å². The molecule has 0 radical (unpaired) electrons. The highest BCUT2D eigenvalue weighted by atomic mass is 16.5. The topological polar surface area (TPSA) is 38.8 Å². The summed E-state index contributed by atoms with van der Waals surface area (Å²) in [6, 6.07) is 7.85. The lowest BCUT2D eigenvalue weighted by atomic mass is 10.1. The zero-order valence-corrected chi connectivity index (χ0v) is 10.6. The summed E-state index contributed by atoms with van der Waals surface area (Å²) in [4.78, 5) is 13.0. The first-order chi connectivity index (χ1) is 8.21. The van der Waals surface area contributed by atoms with E-state index in [0.717, 1.165) is 12.2 Å². The number of methoxy groups -OCH3 is 2. The fourth-order valence-corrected chi connectivity index (χ4v) is 1.56. The molecule has 0 fully saturated rings. The Bertz CT molecular complexity index is 348. The Hall–Kier alpha value is -1.71. The summed E-state index contributed by atoms with van der Waals surface area (Å²) in [6.45, 7) is 3.25. The molecule has 0 aliphatic carbocycles. The molecule has 17 heavy (non-hydrogen) atoms. The van der Waals surface area contributed by atoms with Gasteiger partial charge in [-0.15, -0.1) is 0 Å². The minimum atomic E-state index is -0.277. The lowest BCUT2D eigenvalue weighted by Gasteiger charge is -2.18. The number of ether oxygens (including phenoxy) is 2. The van der Waals surface area contributed by atoms with Crippen molar-refractivity contribution in [1.82, 2.24) is 4.90 Å². The van der Waals surface area contributed by atoms with E-state index in [4.69, 9.17) is 9.47 Å². The van der Waals surface area contributed by atoms with Crippen molar-refractivity contribution in [2.75, 3.05) is 27.3 Å². The van der Waals surface area contributed by atoms with Crippen molar-refractivity contribution < 1.29 is 14.3 Å². The fraction of sp³-hybridized carbons (Fsp3) is 0.462. The first-order valence-electron chi connectivity index (χ1n) is 5.67. The molecule has 1 aromatic carbocycles. The van der Waals surface area contributed by atoms with E-state index in [9.17, 15) is 4.79 Å². The Morgan fingerprint density at radius 2 is 1.88 bits per heavy atom. The van der Waals surface area contributed by atoms with Gasteiger partial charge >= 0.3 is 6.09 Å². The van der Waals surface area contributed by atoms with Crippen molar-refractivity contribution in [1.29, 1.82) is 0 Å². The number of nitrogens with zero attached hydrogens (tertiary/aromatic N) is 1. The number of amides is 1. The molecule has 0 saturated heterocycles. The van der Waals surface area contributed by atoms with Crippen LogP contribution in [0.1, 0.15) is 12.5 Å². The largest absolute Gasteiger partial charge is 0.497 e. The Morgan fingerprint density at radius 1 is 1.24 bits per heavy atom. The molecule has 0 aromatic heterocycles. The number of carbonyl (C=O) groups excluding carboxylic acids is 1. The van der Waals surface area contributed by atoms with Gasteiger partial charge in [0.05, 0.1) is 14.2 Å². The summed E-state index contributed by atoms with van der Waals surface area (Å²) in [7, 11) is 3.05. The quantitative estimate of drug-likeness (QED) is 0.789. The molecule has 0 saturated carbocycles. The summed E-state index contributed by atoms with van der Waals surface area (Å²) < 4.78 is 9.78. The zero-order chi connectivity index (χ0) is 12.7. The van der Waals surface area contributed by atoms with Crippen molar-refractivity contribution in [3.63, 3.8) is 0 Å². The van der Waals surface area contributed by atoms with Crippen molar-refractivity contribution >= 4 is 6.09 Å². The van der Waals surface area contributed by atoms with Gasteiger partial charge < -0.3 is 14.4 Å². The highest BCUT2D eigenvalue weighted by molar-refractivity contribution is 5.67. The van der Waals surface area contributed by atoms with Gasteiger partial charge in [0.2, 0.25) is 0 Å². The van der Waals surface area contributed by atoms with Gasteiger partial charge in [-0.1, -0.05) is 12.1 Å². The third-order valence-electron chi connectivity index (χ3n) is 2.64. The number of rotatable bonds is 5. The normalized spacial score (nSPS) is 9.82. The second kappa shape index (κ2) is 6.78. The molecule has 0 aliphatic heterocycles. The number of likely N-dealkylation sites (N-methyl/N-ethyl adjacent to an activating group) is 1. The predicted octanol–water partition coefficient (Wildman–Crippen LogP) is 2.33. The Balaban J connectivity index is 2.50. The third-order valence-corrected chi connectivity index (χ3v) is 2.64. The Morgan fingerprint density at radius 3 is 2.35 bits per heavy atom. The minimum absolute atomic E-state index is 0.277. The van der Waals surface area contributed by atoms with Crippen LogP contribution in [-0.2, 0) is 11.2 Å². The molecule has 94 valence electrons. The van der Waals surface area contributed by atoms with Crippen LogP contribution in [0.3, 0.4) is 0 Å². The van der Waals surface area contributed by atoms with Crippen LogP contribution in [0.5, 0.6) is 5.75 Å². The molecule has 0 heterocycles. The maximum atomic E-state index is 11.3. The van der Waals surface area contributed by atoms with Gasteiger partial charge in [0.25, 0.3) is 0 Å². The molecule has 0 atom stereocenters. The molecule has 0 unspecified atom stereocenters. The van der Waals surface area contributed by atoms with Gasteiger partial charge in [-0.25, -0.2) is 4.79 Å². The van der Waals surface area contributed by atoms with Crippen molar-refractivity contribution in [2.45, 2.75) is 13.3 Å². The minimum Gasteiger partial charge on any atom is -0.497 e. The van der Waals surface area contributed by atoms with E-state index < -0.39 is 0 Å². The van der Waals surface area contributed by atoms with Gasteiger partial charge in [-0.05, 0) is 31.0 Å². The maximum absolute atomic E-state index is 11.3. The highest BCUT2D eigenvalue weighted by Crippen LogP contribution is 2.12. The van der Waals surface area contributed by atoms with E-state index in [1.165, 1.54) is 12.7 Å². The summed E-state index contributed by atoms with van der Waals surface area (Å²) in [5.41, 5.74) is 1.17. The molecule has 0 spiro atoms. The molecular formula is C13H19NO3. The molecule has 1 aromatic rings. The van der Waals surface area contributed by atoms with Crippen LogP contribution in [-0.4, -0.2) is 38.3 Å². The molecule has 1 rings (SSSR count). The van der Waals surface area contributed by atoms with Crippen molar-refractivity contribution in [2.24, 2.45) is 0 Å². The second-order valence-corrected chi connectivity index (χ2v) is 3.65. The standard InChI is InChI=1S/C13H19NO3/c1-4-14(13(15)17-3)10-9-11-5-7-12(16-2)8-6-11/h5-8H,4,9-10H2,1-3H3. The lowest BCUT2D eigenvalue weighted by molar-refractivity contribution is 0.126. The van der Waals surface area contributed by atoms with Crippen LogP contribution < -0.4 is 4.74 Å². The highest BCUT2D eigenvalue weighted by Gasteiger charge is 2.10. The molecule has 1 amide bonds. The SMILES string of the molecule is CCN(CCc1ccc(OC)cc1)C(=O)OC. The van der Waals surface area contributed by atoms with E-state index in [1.807, 2.05) is 31.2 Å². The number of hydrogen-bond donors (Lipinski definition) is 0. The number of hydrogen-bond acceptors (Lipinski definition) is 3. The van der Waals surface area contributed by atoms with Gasteiger partial charge in [-0.3, -0.25) is 0 Å². The average molecular weight is 237 g/mol. The van der Waals surface area contributed by atoms with Crippen LogP contribution >= 0.6 is 0 Å². The van der Waals surface area contributed by atoms with Crippen LogP contribution in [0.15, 0.2) is 24.3 Å². The molecular weight excluding hydrogens is 218 g/mol. The van der Waals surface area contributed by atoms with Crippen LogP contribution in [0.4, 0.5) is 4.79 Å². The van der Waals surface area contributed by atoms with Crippen LogP contribution in [0.2, 0.25) is 0 Å². The Kier molecular flexibility index (Phi) is 5.33. The number of benzene rings is 1.